The smallest absolute Gasteiger partial charge is 0.270 e. The number of non-ortho nitro benzene ring substituents is 1. The summed E-state index contributed by atoms with van der Waals surface area (Å²) in [4.78, 5) is 26.0. The topological polar surface area (TPSA) is 131 Å². The van der Waals surface area contributed by atoms with E-state index in [0.29, 0.717) is 48.8 Å². The van der Waals surface area contributed by atoms with Crippen LogP contribution in [-0.4, -0.2) is 52.4 Å². The number of nitro benzene ring substituents is 1. The van der Waals surface area contributed by atoms with Crippen molar-refractivity contribution < 1.29 is 9.66 Å². The first-order valence-electron chi connectivity index (χ1n) is 10.2. The lowest BCUT2D eigenvalue weighted by molar-refractivity contribution is -0.384. The monoisotopic (exact) mass is 546 g/mol. The van der Waals surface area contributed by atoms with E-state index in [1.165, 1.54) is 24.4 Å². The molecule has 1 aliphatic heterocycles. The Kier molecular flexibility index (Phi) is 7.50. The normalized spacial score (nSPS) is 13.8. The zero-order valence-electron chi connectivity index (χ0n) is 18.0. The third-order valence-corrected chi connectivity index (χ3v) is 5.85. The van der Waals surface area contributed by atoms with Gasteiger partial charge in [0, 0.05) is 40.3 Å². The molecule has 3 aromatic rings. The van der Waals surface area contributed by atoms with E-state index in [2.05, 4.69) is 46.7 Å². The zero-order valence-corrected chi connectivity index (χ0v) is 20.4. The summed E-state index contributed by atoms with van der Waals surface area (Å²) in [6.07, 6.45) is 1.37. The van der Waals surface area contributed by atoms with Gasteiger partial charge in [0.15, 0.2) is 0 Å². The summed E-state index contributed by atoms with van der Waals surface area (Å²) in [6.45, 7) is 4.43. The van der Waals surface area contributed by atoms with E-state index in [0.717, 1.165) is 15.7 Å². The number of rotatable bonds is 7. The van der Waals surface area contributed by atoms with Crippen molar-refractivity contribution in [1.82, 2.24) is 15.0 Å². The van der Waals surface area contributed by atoms with Crippen LogP contribution in [0, 0.1) is 17.0 Å². The second kappa shape index (κ2) is 10.7. The van der Waals surface area contributed by atoms with Crippen LogP contribution in [-0.2, 0) is 4.74 Å². The minimum Gasteiger partial charge on any atom is -0.378 e. The number of aromatic nitrogens is 3. The highest BCUT2D eigenvalue weighted by Crippen LogP contribution is 2.27. The van der Waals surface area contributed by atoms with Gasteiger partial charge in [-0.1, -0.05) is 17.7 Å². The number of nitrogens with zero attached hydrogens (tertiary/aromatic N) is 6. The summed E-state index contributed by atoms with van der Waals surface area (Å²) in [7, 11) is 0. The lowest BCUT2D eigenvalue weighted by atomic mass is 10.2. The van der Waals surface area contributed by atoms with E-state index in [1.807, 2.05) is 30.0 Å². The van der Waals surface area contributed by atoms with Gasteiger partial charge in [-0.25, -0.2) is 5.43 Å². The maximum atomic E-state index is 11.0. The van der Waals surface area contributed by atoms with E-state index >= 15 is 0 Å². The number of morpholine rings is 1. The fraction of sp³-hybridized carbons (Fsp3) is 0.238. The first-order chi connectivity index (χ1) is 16.4. The molecule has 34 heavy (non-hydrogen) atoms. The van der Waals surface area contributed by atoms with Gasteiger partial charge in [0.1, 0.15) is 0 Å². The number of nitrogens with one attached hydrogen (secondary N) is 2. The van der Waals surface area contributed by atoms with Gasteiger partial charge in [-0.15, -0.1) is 0 Å². The molecule has 0 spiro atoms. The second-order valence-corrected chi connectivity index (χ2v) is 8.58. The van der Waals surface area contributed by atoms with Crippen molar-refractivity contribution >= 4 is 63.0 Å². The minimum atomic E-state index is -0.497. The van der Waals surface area contributed by atoms with E-state index in [9.17, 15) is 10.1 Å². The summed E-state index contributed by atoms with van der Waals surface area (Å²) in [5.74, 6) is 0.988. The van der Waals surface area contributed by atoms with Gasteiger partial charge >= 0.3 is 0 Å². The molecule has 2 aromatic carbocycles. The van der Waals surface area contributed by atoms with Gasteiger partial charge in [-0.3, -0.25) is 10.1 Å². The molecule has 0 unspecified atom stereocenters. The van der Waals surface area contributed by atoms with Gasteiger partial charge in [-0.05, 0) is 46.6 Å². The van der Waals surface area contributed by atoms with Gasteiger partial charge < -0.3 is 15.0 Å². The van der Waals surface area contributed by atoms with Gasteiger partial charge in [0.2, 0.25) is 17.8 Å². The molecule has 0 bridgehead atoms. The highest BCUT2D eigenvalue weighted by Gasteiger charge is 2.17. The predicted molar refractivity (Wildman–Crippen MR) is 134 cm³/mol. The molecule has 0 atom stereocenters. The molecular formula is C21H20BrClN8O3. The Morgan fingerprint density at radius 1 is 1.18 bits per heavy atom. The van der Waals surface area contributed by atoms with Crippen molar-refractivity contribution in [3.8, 4) is 0 Å². The number of aryl methyl sites for hydroxylation is 1. The minimum absolute atomic E-state index is 0.0872. The van der Waals surface area contributed by atoms with Crippen LogP contribution in [0.25, 0.3) is 0 Å². The highest BCUT2D eigenvalue weighted by molar-refractivity contribution is 9.10. The Labute approximate surface area is 208 Å². The van der Waals surface area contributed by atoms with E-state index in [-0.39, 0.29) is 11.6 Å². The van der Waals surface area contributed by atoms with Crippen molar-refractivity contribution in [2.45, 2.75) is 6.92 Å². The summed E-state index contributed by atoms with van der Waals surface area (Å²) >= 11 is 9.68. The molecule has 0 radical (unpaired) electrons. The SMILES string of the molecule is Cc1ccc(Nc2nc(N/N=C\c3cc([N+](=O)[O-])ccc3Cl)nc(N3CCOCC3)n2)c(Br)c1. The van der Waals surface area contributed by atoms with Crippen LogP contribution in [0.15, 0.2) is 46.0 Å². The standard InChI is InChI=1S/C21H20BrClN8O3/c1-13-2-5-18(16(22)10-13)25-19-26-20(28-21(27-19)30-6-8-34-9-7-30)29-24-12-14-11-15(31(32)33)3-4-17(14)23/h2-5,10-12H,6-9H2,1H3,(H2,25,26,27,28,29)/b24-12-. The molecule has 0 amide bonds. The predicted octanol–water partition coefficient (Wildman–Crippen LogP) is 4.53. The number of benzene rings is 2. The van der Waals surface area contributed by atoms with Crippen LogP contribution in [0.2, 0.25) is 5.02 Å². The third kappa shape index (κ3) is 5.95. The zero-order chi connectivity index (χ0) is 24.1. The Hall–Kier alpha value is -3.35. The molecule has 11 nitrogen and oxygen atoms in total. The lowest BCUT2D eigenvalue weighted by Crippen LogP contribution is -2.37. The molecule has 2 N–H and O–H groups in total. The number of ether oxygens (including phenoxy) is 1. The molecule has 176 valence electrons. The number of hydrogen-bond donors (Lipinski definition) is 2. The molecule has 0 aliphatic carbocycles. The number of nitro groups is 1. The molecule has 1 saturated heterocycles. The van der Waals surface area contributed by atoms with E-state index < -0.39 is 4.92 Å². The quantitative estimate of drug-likeness (QED) is 0.249. The summed E-state index contributed by atoms with van der Waals surface area (Å²) in [5, 5.41) is 18.7. The largest absolute Gasteiger partial charge is 0.378 e. The van der Waals surface area contributed by atoms with E-state index in [4.69, 9.17) is 16.3 Å². The van der Waals surface area contributed by atoms with Crippen molar-refractivity contribution in [1.29, 1.82) is 0 Å². The summed E-state index contributed by atoms with van der Waals surface area (Å²) < 4.78 is 6.29. The number of anilines is 4. The fourth-order valence-corrected chi connectivity index (χ4v) is 3.88. The first-order valence-corrected chi connectivity index (χ1v) is 11.4. The van der Waals surface area contributed by atoms with Crippen LogP contribution in [0.3, 0.4) is 0 Å². The van der Waals surface area contributed by atoms with Crippen molar-refractivity contribution in [2.75, 3.05) is 41.9 Å². The summed E-state index contributed by atoms with van der Waals surface area (Å²) in [6, 6.07) is 9.99. The average Bonchev–Trinajstić information content (AvgIpc) is 2.82. The van der Waals surface area contributed by atoms with Crippen molar-refractivity contribution in [3.63, 3.8) is 0 Å². The van der Waals surface area contributed by atoms with Crippen LogP contribution < -0.4 is 15.6 Å². The van der Waals surface area contributed by atoms with Crippen molar-refractivity contribution in [3.05, 3.63) is 67.1 Å². The van der Waals surface area contributed by atoms with Gasteiger partial charge in [-0.2, -0.15) is 20.1 Å². The fourth-order valence-electron chi connectivity index (χ4n) is 3.12. The highest BCUT2D eigenvalue weighted by atomic mass is 79.9. The lowest BCUT2D eigenvalue weighted by Gasteiger charge is -2.27. The molecule has 0 saturated carbocycles. The molecule has 13 heteroatoms. The number of halogens is 2. The Balaban J connectivity index is 1.60. The third-order valence-electron chi connectivity index (χ3n) is 4.85. The maximum Gasteiger partial charge on any atom is 0.270 e. The van der Waals surface area contributed by atoms with Crippen LogP contribution >= 0.6 is 27.5 Å². The Morgan fingerprint density at radius 3 is 2.68 bits per heavy atom. The van der Waals surface area contributed by atoms with E-state index in [1.54, 1.807) is 0 Å². The molecule has 1 fully saturated rings. The number of hydrogen-bond acceptors (Lipinski definition) is 10. The second-order valence-electron chi connectivity index (χ2n) is 7.32. The van der Waals surface area contributed by atoms with Crippen LogP contribution in [0.1, 0.15) is 11.1 Å². The number of hydrazone groups is 1. The molecule has 4 rings (SSSR count). The molecule has 2 heterocycles. The van der Waals surface area contributed by atoms with Crippen molar-refractivity contribution in [2.24, 2.45) is 5.10 Å². The van der Waals surface area contributed by atoms with Gasteiger partial charge in [0.05, 0.1) is 30.0 Å². The Morgan fingerprint density at radius 2 is 1.94 bits per heavy atom. The molecular weight excluding hydrogens is 528 g/mol. The molecule has 1 aromatic heterocycles. The first kappa shape index (κ1) is 23.8. The average molecular weight is 548 g/mol. The summed E-state index contributed by atoms with van der Waals surface area (Å²) in [5.41, 5.74) is 4.97. The Bertz CT molecular complexity index is 1240. The molecule has 1 aliphatic rings. The van der Waals surface area contributed by atoms with Crippen LogP contribution in [0.4, 0.5) is 29.2 Å². The maximum absolute atomic E-state index is 11.0. The van der Waals surface area contributed by atoms with Gasteiger partial charge in [0.25, 0.3) is 5.69 Å². The van der Waals surface area contributed by atoms with Crippen LogP contribution in [0.5, 0.6) is 0 Å².